The predicted molar refractivity (Wildman–Crippen MR) is 156 cm³/mol. The molecule has 200 valence electrons. The minimum absolute atomic E-state index is 0.521. The van der Waals surface area contributed by atoms with Crippen molar-refractivity contribution in [1.29, 1.82) is 0 Å². The van der Waals surface area contributed by atoms with Gasteiger partial charge < -0.3 is 9.47 Å². The van der Waals surface area contributed by atoms with Crippen LogP contribution >= 0.6 is 0 Å². The van der Waals surface area contributed by atoms with E-state index in [0.717, 1.165) is 44.5 Å². The van der Waals surface area contributed by atoms with Crippen LogP contribution in [0.15, 0.2) is 72.8 Å². The Labute approximate surface area is 230 Å². The fourth-order valence-corrected chi connectivity index (χ4v) is 4.78. The molecule has 0 radical (unpaired) electrons. The van der Waals surface area contributed by atoms with Gasteiger partial charge in [0.25, 0.3) is 0 Å². The highest BCUT2D eigenvalue weighted by atomic mass is 16.6. The summed E-state index contributed by atoms with van der Waals surface area (Å²) in [5, 5.41) is 5.58. The lowest BCUT2D eigenvalue weighted by Crippen LogP contribution is -2.18. The number of anilines is 2. The fourth-order valence-electron chi connectivity index (χ4n) is 4.78. The highest BCUT2D eigenvalue weighted by Crippen LogP contribution is 2.26. The molecule has 0 spiro atoms. The van der Waals surface area contributed by atoms with Gasteiger partial charge in [0.1, 0.15) is 11.5 Å². The summed E-state index contributed by atoms with van der Waals surface area (Å²) in [5.41, 5.74) is 9.44. The van der Waals surface area contributed by atoms with Gasteiger partial charge >= 0.3 is 12.2 Å². The van der Waals surface area contributed by atoms with Gasteiger partial charge in [0.2, 0.25) is 0 Å². The molecule has 6 nitrogen and oxygen atoms in total. The van der Waals surface area contributed by atoms with Crippen LogP contribution in [0.5, 0.6) is 11.5 Å². The van der Waals surface area contributed by atoms with Crippen LogP contribution in [0.25, 0.3) is 0 Å². The van der Waals surface area contributed by atoms with Crippen LogP contribution in [0.3, 0.4) is 0 Å². The molecule has 39 heavy (non-hydrogen) atoms. The molecule has 4 aromatic carbocycles. The monoisotopic (exact) mass is 522 g/mol. The molecule has 0 aliphatic carbocycles. The maximum atomic E-state index is 12.4. The summed E-state index contributed by atoms with van der Waals surface area (Å²) in [6.45, 7) is 11.7. The van der Waals surface area contributed by atoms with E-state index in [4.69, 9.17) is 9.47 Å². The molecule has 2 N–H and O–H groups in total. The molecule has 0 aliphatic rings. The minimum atomic E-state index is -0.521. The van der Waals surface area contributed by atoms with E-state index in [1.807, 2.05) is 114 Å². The summed E-state index contributed by atoms with van der Waals surface area (Å²) in [4.78, 5) is 24.9. The van der Waals surface area contributed by atoms with Gasteiger partial charge in [0.05, 0.1) is 0 Å². The predicted octanol–water partition coefficient (Wildman–Crippen LogP) is 8.35. The van der Waals surface area contributed by atoms with Gasteiger partial charge in [-0.15, -0.1) is 0 Å². The number of nitrogens with one attached hydrogen (secondary N) is 2. The van der Waals surface area contributed by atoms with Gasteiger partial charge in [-0.3, -0.25) is 10.6 Å². The normalized spacial score (nSPS) is 10.6. The number of rotatable bonds is 6. The summed E-state index contributed by atoms with van der Waals surface area (Å²) in [5.74, 6) is 1.17. The molecule has 6 heteroatoms. The standard InChI is InChI=1S/C33H34N2O4/c1-20-15-22(3)30(23(4)16-20)38-32(36)34-28-11-7-26(8-12-28)19-27-9-13-29(14-10-27)35-33(37)39-31-24(5)17-21(2)18-25(31)6/h7-18H,19H2,1-6H3,(H,34,36)(H,35,37). The Hall–Kier alpha value is -4.58. The van der Waals surface area contributed by atoms with Crippen molar-refractivity contribution in [2.24, 2.45) is 0 Å². The molecule has 0 unspecified atom stereocenters. The Balaban J connectivity index is 1.30. The van der Waals surface area contributed by atoms with Crippen molar-refractivity contribution in [3.8, 4) is 11.5 Å². The van der Waals surface area contributed by atoms with Crippen LogP contribution < -0.4 is 20.1 Å². The van der Waals surface area contributed by atoms with Crippen LogP contribution in [-0.2, 0) is 6.42 Å². The van der Waals surface area contributed by atoms with Gasteiger partial charge in [0.15, 0.2) is 0 Å². The van der Waals surface area contributed by atoms with Gasteiger partial charge in [-0.25, -0.2) is 9.59 Å². The third-order valence-electron chi connectivity index (χ3n) is 6.41. The molecule has 0 saturated carbocycles. The summed E-state index contributed by atoms with van der Waals surface area (Å²) in [7, 11) is 0. The second-order valence-electron chi connectivity index (χ2n) is 10.1. The van der Waals surface area contributed by atoms with E-state index in [2.05, 4.69) is 10.6 Å². The number of amides is 2. The second-order valence-corrected chi connectivity index (χ2v) is 10.1. The zero-order chi connectivity index (χ0) is 28.1. The third kappa shape index (κ3) is 7.26. The van der Waals surface area contributed by atoms with Gasteiger partial charge in [0, 0.05) is 11.4 Å². The van der Waals surface area contributed by atoms with Crippen LogP contribution in [0, 0.1) is 41.5 Å². The Morgan fingerprint density at radius 2 is 0.846 bits per heavy atom. The summed E-state index contributed by atoms with van der Waals surface area (Å²) in [6, 6.07) is 23.2. The van der Waals surface area contributed by atoms with Gasteiger partial charge in [-0.2, -0.15) is 0 Å². The number of carbonyl (C=O) groups excluding carboxylic acids is 2. The number of hydrogen-bond acceptors (Lipinski definition) is 4. The fraction of sp³-hybridized carbons (Fsp3) is 0.212. The van der Waals surface area contributed by atoms with Gasteiger partial charge in [-0.05, 0) is 106 Å². The zero-order valence-corrected chi connectivity index (χ0v) is 23.3. The lowest BCUT2D eigenvalue weighted by Gasteiger charge is -2.13. The van der Waals surface area contributed by atoms with E-state index in [9.17, 15) is 9.59 Å². The summed E-state index contributed by atoms with van der Waals surface area (Å²) >= 11 is 0. The number of aryl methyl sites for hydroxylation is 6. The first-order chi connectivity index (χ1) is 18.6. The lowest BCUT2D eigenvalue weighted by molar-refractivity contribution is 0.213. The van der Waals surface area contributed by atoms with Crippen LogP contribution in [0.4, 0.5) is 21.0 Å². The molecular formula is C33H34N2O4. The highest BCUT2D eigenvalue weighted by molar-refractivity contribution is 5.87. The highest BCUT2D eigenvalue weighted by Gasteiger charge is 2.12. The molecule has 4 aromatic rings. The number of benzene rings is 4. The van der Waals surface area contributed by atoms with E-state index in [-0.39, 0.29) is 0 Å². The van der Waals surface area contributed by atoms with Crippen molar-refractivity contribution in [1.82, 2.24) is 0 Å². The molecule has 2 amide bonds. The second kappa shape index (κ2) is 11.9. The molecule has 4 rings (SSSR count). The van der Waals surface area contributed by atoms with Crippen molar-refractivity contribution in [3.05, 3.63) is 117 Å². The third-order valence-corrected chi connectivity index (χ3v) is 6.41. The van der Waals surface area contributed by atoms with E-state index in [0.29, 0.717) is 29.3 Å². The van der Waals surface area contributed by atoms with E-state index >= 15 is 0 Å². The largest absolute Gasteiger partial charge is 0.417 e. The number of hydrogen-bond donors (Lipinski definition) is 2. The number of carbonyl (C=O) groups is 2. The Morgan fingerprint density at radius 3 is 1.15 bits per heavy atom. The lowest BCUT2D eigenvalue weighted by atomic mass is 10.0. The maximum Gasteiger partial charge on any atom is 0.417 e. The zero-order valence-electron chi connectivity index (χ0n) is 23.3. The summed E-state index contributed by atoms with van der Waals surface area (Å²) in [6.07, 6.45) is -0.335. The maximum absolute atomic E-state index is 12.4. The molecule has 0 aromatic heterocycles. The van der Waals surface area contributed by atoms with Crippen LogP contribution in [0.1, 0.15) is 44.5 Å². The average molecular weight is 523 g/mol. The molecule has 0 fully saturated rings. The molecule has 0 heterocycles. The quantitative estimate of drug-likeness (QED) is 0.267. The Morgan fingerprint density at radius 1 is 0.538 bits per heavy atom. The van der Waals surface area contributed by atoms with Gasteiger partial charge in [-0.1, -0.05) is 59.7 Å². The van der Waals surface area contributed by atoms with Crippen molar-refractivity contribution < 1.29 is 19.1 Å². The van der Waals surface area contributed by atoms with E-state index < -0.39 is 12.2 Å². The van der Waals surface area contributed by atoms with Crippen molar-refractivity contribution in [3.63, 3.8) is 0 Å². The topological polar surface area (TPSA) is 76.7 Å². The molecule has 0 atom stereocenters. The smallest absolute Gasteiger partial charge is 0.410 e. The van der Waals surface area contributed by atoms with Crippen molar-refractivity contribution in [2.45, 2.75) is 48.0 Å². The minimum Gasteiger partial charge on any atom is -0.410 e. The summed E-state index contributed by atoms with van der Waals surface area (Å²) < 4.78 is 11.1. The number of ether oxygens (including phenoxy) is 2. The first-order valence-corrected chi connectivity index (χ1v) is 12.9. The van der Waals surface area contributed by atoms with E-state index in [1.165, 1.54) is 0 Å². The van der Waals surface area contributed by atoms with Crippen molar-refractivity contribution in [2.75, 3.05) is 10.6 Å². The van der Waals surface area contributed by atoms with Crippen molar-refractivity contribution >= 4 is 23.6 Å². The average Bonchev–Trinajstić information content (AvgIpc) is 2.86. The molecule has 0 saturated heterocycles. The van der Waals surface area contributed by atoms with Crippen LogP contribution in [0.2, 0.25) is 0 Å². The molecular weight excluding hydrogens is 488 g/mol. The Kier molecular flexibility index (Phi) is 8.35. The Bertz CT molecular complexity index is 1350. The van der Waals surface area contributed by atoms with E-state index in [1.54, 1.807) is 0 Å². The molecule has 0 bridgehead atoms. The first kappa shape index (κ1) is 27.5. The first-order valence-electron chi connectivity index (χ1n) is 12.9. The van der Waals surface area contributed by atoms with Crippen LogP contribution in [-0.4, -0.2) is 12.2 Å². The molecule has 0 aliphatic heterocycles. The SMILES string of the molecule is Cc1cc(C)c(OC(=O)Nc2ccc(Cc3ccc(NC(=O)Oc4c(C)cc(C)cc4C)cc3)cc2)c(C)c1.